The Morgan fingerprint density at radius 2 is 2.00 bits per heavy atom. The molecule has 0 unspecified atom stereocenters. The molecule has 0 aliphatic carbocycles. The molecular formula is C14H14BrNO2. The lowest BCUT2D eigenvalue weighted by atomic mass is 10.2. The third kappa shape index (κ3) is 3.01. The largest absolute Gasteiger partial charge is 0.495 e. The van der Waals surface area contributed by atoms with Crippen LogP contribution in [0, 0.1) is 6.92 Å². The standard InChI is InChI=1S/C14H14BrNO2/c1-10-6-7-16-11(8-10)9-18-13-5-3-4-12(17-2)14(13)15/h3-8H,9H2,1-2H3. The molecule has 0 radical (unpaired) electrons. The summed E-state index contributed by atoms with van der Waals surface area (Å²) in [7, 11) is 1.63. The fraction of sp³-hybridized carbons (Fsp3) is 0.214. The second kappa shape index (κ2) is 5.87. The molecule has 3 nitrogen and oxygen atoms in total. The quantitative estimate of drug-likeness (QED) is 0.862. The van der Waals surface area contributed by atoms with E-state index < -0.39 is 0 Å². The average molecular weight is 308 g/mol. The molecule has 0 amide bonds. The van der Waals surface area contributed by atoms with Gasteiger partial charge in [-0.15, -0.1) is 0 Å². The Bertz CT molecular complexity index is 543. The minimum absolute atomic E-state index is 0.438. The number of methoxy groups -OCH3 is 1. The van der Waals surface area contributed by atoms with Crippen molar-refractivity contribution in [2.24, 2.45) is 0 Å². The highest BCUT2D eigenvalue weighted by atomic mass is 79.9. The summed E-state index contributed by atoms with van der Waals surface area (Å²) in [5.41, 5.74) is 2.08. The average Bonchev–Trinajstić information content (AvgIpc) is 2.38. The highest BCUT2D eigenvalue weighted by molar-refractivity contribution is 9.10. The summed E-state index contributed by atoms with van der Waals surface area (Å²) >= 11 is 3.46. The molecule has 0 N–H and O–H groups in total. The molecular weight excluding hydrogens is 294 g/mol. The SMILES string of the molecule is COc1cccc(OCc2cc(C)ccn2)c1Br. The molecule has 1 heterocycles. The van der Waals surface area contributed by atoms with Crippen LogP contribution in [0.2, 0.25) is 0 Å². The zero-order valence-corrected chi connectivity index (χ0v) is 11.9. The zero-order valence-electron chi connectivity index (χ0n) is 10.3. The predicted molar refractivity (Wildman–Crippen MR) is 74.0 cm³/mol. The summed E-state index contributed by atoms with van der Waals surface area (Å²) in [6, 6.07) is 9.63. The van der Waals surface area contributed by atoms with Crippen LogP contribution in [-0.4, -0.2) is 12.1 Å². The number of benzene rings is 1. The van der Waals surface area contributed by atoms with E-state index in [0.717, 1.165) is 21.7 Å². The van der Waals surface area contributed by atoms with E-state index in [1.165, 1.54) is 5.56 Å². The molecule has 0 aliphatic heterocycles. The number of ether oxygens (including phenoxy) is 2. The van der Waals surface area contributed by atoms with Gasteiger partial charge in [-0.3, -0.25) is 4.98 Å². The Kier molecular flexibility index (Phi) is 4.20. The van der Waals surface area contributed by atoms with Crippen molar-refractivity contribution < 1.29 is 9.47 Å². The molecule has 2 rings (SSSR count). The molecule has 0 fully saturated rings. The van der Waals surface area contributed by atoms with Crippen LogP contribution in [0.3, 0.4) is 0 Å². The first kappa shape index (κ1) is 12.9. The fourth-order valence-electron chi connectivity index (χ4n) is 1.59. The Morgan fingerprint density at radius 1 is 1.22 bits per heavy atom. The van der Waals surface area contributed by atoms with Gasteiger partial charge in [0, 0.05) is 6.20 Å². The molecule has 18 heavy (non-hydrogen) atoms. The van der Waals surface area contributed by atoms with Gasteiger partial charge < -0.3 is 9.47 Å². The maximum absolute atomic E-state index is 5.73. The predicted octanol–water partition coefficient (Wildman–Crippen LogP) is 3.74. The van der Waals surface area contributed by atoms with Crippen LogP contribution < -0.4 is 9.47 Å². The van der Waals surface area contributed by atoms with E-state index in [0.29, 0.717) is 6.61 Å². The van der Waals surface area contributed by atoms with Gasteiger partial charge in [0.15, 0.2) is 0 Å². The summed E-state index contributed by atoms with van der Waals surface area (Å²) in [4.78, 5) is 4.26. The van der Waals surface area contributed by atoms with E-state index in [-0.39, 0.29) is 0 Å². The molecule has 0 bridgehead atoms. The normalized spacial score (nSPS) is 10.2. The van der Waals surface area contributed by atoms with E-state index in [9.17, 15) is 0 Å². The van der Waals surface area contributed by atoms with Gasteiger partial charge in [-0.2, -0.15) is 0 Å². The molecule has 1 aromatic carbocycles. The molecule has 0 saturated carbocycles. The molecule has 0 atom stereocenters. The Balaban J connectivity index is 2.11. The number of aromatic nitrogens is 1. The lowest BCUT2D eigenvalue weighted by molar-refractivity contribution is 0.296. The molecule has 0 aliphatic rings. The topological polar surface area (TPSA) is 31.4 Å². The number of nitrogens with zero attached hydrogens (tertiary/aromatic N) is 1. The molecule has 2 aromatic rings. The van der Waals surface area contributed by atoms with Gasteiger partial charge >= 0.3 is 0 Å². The number of rotatable bonds is 4. The van der Waals surface area contributed by atoms with E-state index in [2.05, 4.69) is 20.9 Å². The molecule has 0 spiro atoms. The Morgan fingerprint density at radius 3 is 2.72 bits per heavy atom. The van der Waals surface area contributed by atoms with Gasteiger partial charge in [0.2, 0.25) is 0 Å². The molecule has 1 aromatic heterocycles. The van der Waals surface area contributed by atoms with Gasteiger partial charge in [-0.25, -0.2) is 0 Å². The van der Waals surface area contributed by atoms with Crippen molar-refractivity contribution in [3.8, 4) is 11.5 Å². The van der Waals surface area contributed by atoms with Gasteiger partial charge in [-0.05, 0) is 52.7 Å². The van der Waals surface area contributed by atoms with Crippen LogP contribution in [-0.2, 0) is 6.61 Å². The molecule has 94 valence electrons. The second-order valence-electron chi connectivity index (χ2n) is 3.89. The molecule has 4 heteroatoms. The van der Waals surface area contributed by atoms with Crippen molar-refractivity contribution in [2.45, 2.75) is 13.5 Å². The fourth-order valence-corrected chi connectivity index (χ4v) is 2.13. The van der Waals surface area contributed by atoms with Crippen LogP contribution >= 0.6 is 15.9 Å². The van der Waals surface area contributed by atoms with Crippen molar-refractivity contribution in [3.63, 3.8) is 0 Å². The first-order chi connectivity index (χ1) is 8.70. The maximum Gasteiger partial charge on any atom is 0.137 e. The van der Waals surface area contributed by atoms with E-state index >= 15 is 0 Å². The van der Waals surface area contributed by atoms with E-state index in [1.54, 1.807) is 13.3 Å². The summed E-state index contributed by atoms with van der Waals surface area (Å²) in [5, 5.41) is 0. The van der Waals surface area contributed by atoms with Gasteiger partial charge in [-0.1, -0.05) is 6.07 Å². The van der Waals surface area contributed by atoms with Crippen LogP contribution in [0.5, 0.6) is 11.5 Å². The van der Waals surface area contributed by atoms with Crippen molar-refractivity contribution in [3.05, 3.63) is 52.3 Å². The summed E-state index contributed by atoms with van der Waals surface area (Å²) in [5.74, 6) is 1.50. The number of hydrogen-bond donors (Lipinski definition) is 0. The van der Waals surface area contributed by atoms with Crippen LogP contribution in [0.15, 0.2) is 41.0 Å². The second-order valence-corrected chi connectivity index (χ2v) is 4.68. The third-order valence-electron chi connectivity index (χ3n) is 2.50. The number of halogens is 1. The lowest BCUT2D eigenvalue weighted by Crippen LogP contribution is -1.99. The first-order valence-corrected chi connectivity index (χ1v) is 6.37. The van der Waals surface area contributed by atoms with Crippen molar-refractivity contribution >= 4 is 15.9 Å². The smallest absolute Gasteiger partial charge is 0.137 e. The van der Waals surface area contributed by atoms with Crippen LogP contribution in [0.1, 0.15) is 11.3 Å². The molecule has 0 saturated heterocycles. The van der Waals surface area contributed by atoms with Crippen molar-refractivity contribution in [1.82, 2.24) is 4.98 Å². The Hall–Kier alpha value is -1.55. The van der Waals surface area contributed by atoms with Gasteiger partial charge in [0.25, 0.3) is 0 Å². The third-order valence-corrected chi connectivity index (χ3v) is 3.28. The summed E-state index contributed by atoms with van der Waals surface area (Å²) in [6.07, 6.45) is 1.79. The van der Waals surface area contributed by atoms with E-state index in [1.807, 2.05) is 37.3 Å². The van der Waals surface area contributed by atoms with Crippen LogP contribution in [0.4, 0.5) is 0 Å². The highest BCUT2D eigenvalue weighted by Crippen LogP contribution is 2.34. The number of aryl methyl sites for hydroxylation is 1. The van der Waals surface area contributed by atoms with Crippen molar-refractivity contribution in [2.75, 3.05) is 7.11 Å². The zero-order chi connectivity index (χ0) is 13.0. The van der Waals surface area contributed by atoms with Crippen molar-refractivity contribution in [1.29, 1.82) is 0 Å². The van der Waals surface area contributed by atoms with Gasteiger partial charge in [0.1, 0.15) is 22.6 Å². The minimum atomic E-state index is 0.438. The highest BCUT2D eigenvalue weighted by Gasteiger charge is 2.07. The van der Waals surface area contributed by atoms with E-state index in [4.69, 9.17) is 9.47 Å². The van der Waals surface area contributed by atoms with Crippen LogP contribution in [0.25, 0.3) is 0 Å². The summed E-state index contributed by atoms with van der Waals surface area (Å²) in [6.45, 7) is 2.47. The Labute approximate surface area is 115 Å². The van der Waals surface area contributed by atoms with Gasteiger partial charge in [0.05, 0.1) is 12.8 Å². The maximum atomic E-state index is 5.73. The monoisotopic (exact) mass is 307 g/mol. The first-order valence-electron chi connectivity index (χ1n) is 5.57. The lowest BCUT2D eigenvalue weighted by Gasteiger charge is -2.10. The number of pyridine rings is 1. The minimum Gasteiger partial charge on any atom is -0.495 e. The summed E-state index contributed by atoms with van der Waals surface area (Å²) < 4.78 is 11.8. The number of hydrogen-bond acceptors (Lipinski definition) is 3.